The maximum Gasteiger partial charge on any atom is 0.312 e. The van der Waals surface area contributed by atoms with Gasteiger partial charge in [-0.25, -0.2) is 0 Å². The van der Waals surface area contributed by atoms with Gasteiger partial charge >= 0.3 is 5.97 Å². The summed E-state index contributed by atoms with van der Waals surface area (Å²) in [6, 6.07) is 0. The lowest BCUT2D eigenvalue weighted by molar-refractivity contribution is -0.203. The van der Waals surface area contributed by atoms with Crippen LogP contribution in [0.2, 0.25) is 0 Å². The number of hydrogen-bond acceptors (Lipinski definition) is 3. The smallest absolute Gasteiger partial charge is 0.312 e. The number of aliphatic hydroxyl groups is 1. The second-order valence-corrected chi connectivity index (χ2v) is 5.86. The maximum absolute atomic E-state index is 11.6. The molecule has 3 aliphatic rings. The Morgan fingerprint density at radius 2 is 2.06 bits per heavy atom. The molecule has 17 heavy (non-hydrogen) atoms. The first-order valence-corrected chi connectivity index (χ1v) is 6.62. The number of carboxylic acid groups (broad SMARTS) is 1. The predicted molar refractivity (Wildman–Crippen MR) is 64.8 cm³/mol. The Kier molecular flexibility index (Phi) is 3.21. The van der Waals surface area contributed by atoms with Crippen LogP contribution in [0.3, 0.4) is 0 Å². The highest BCUT2D eigenvalue weighted by Crippen LogP contribution is 2.48. The molecule has 2 bridgehead atoms. The van der Waals surface area contributed by atoms with Gasteiger partial charge in [-0.05, 0) is 45.2 Å². The van der Waals surface area contributed by atoms with Gasteiger partial charge in [0.25, 0.3) is 0 Å². The van der Waals surface area contributed by atoms with E-state index in [-0.39, 0.29) is 5.92 Å². The standard InChI is InChI=1S/C13H23NO3/c1-3-6-12(2,11(15)16)13(17)9-14-7-4-10(13)5-8-14/h10,17H,3-9H2,1-2H3,(H,15,16). The van der Waals surface area contributed by atoms with Crippen LogP contribution in [-0.4, -0.2) is 46.3 Å². The number of rotatable bonds is 4. The van der Waals surface area contributed by atoms with Gasteiger partial charge in [0.1, 0.15) is 0 Å². The molecule has 0 aromatic rings. The van der Waals surface area contributed by atoms with E-state index in [1.54, 1.807) is 6.92 Å². The Morgan fingerprint density at radius 1 is 1.47 bits per heavy atom. The molecule has 4 heteroatoms. The van der Waals surface area contributed by atoms with E-state index in [1.807, 2.05) is 6.92 Å². The summed E-state index contributed by atoms with van der Waals surface area (Å²) in [5.74, 6) is -0.698. The first-order valence-electron chi connectivity index (χ1n) is 6.62. The number of nitrogens with zero attached hydrogens (tertiary/aromatic N) is 1. The third kappa shape index (κ3) is 1.78. The van der Waals surface area contributed by atoms with Crippen LogP contribution < -0.4 is 0 Å². The fourth-order valence-electron chi connectivity index (χ4n) is 3.67. The molecule has 98 valence electrons. The first-order chi connectivity index (χ1) is 7.94. The van der Waals surface area contributed by atoms with E-state index in [0.717, 1.165) is 32.4 Å². The Bertz CT molecular complexity index is 312. The third-order valence-corrected chi connectivity index (χ3v) is 4.91. The Balaban J connectivity index is 2.31. The van der Waals surface area contributed by atoms with Gasteiger partial charge in [0, 0.05) is 6.54 Å². The molecular weight excluding hydrogens is 218 g/mol. The topological polar surface area (TPSA) is 60.8 Å². The summed E-state index contributed by atoms with van der Waals surface area (Å²) in [5, 5.41) is 20.5. The van der Waals surface area contributed by atoms with Gasteiger partial charge in [0.15, 0.2) is 0 Å². The van der Waals surface area contributed by atoms with Crippen molar-refractivity contribution in [3.63, 3.8) is 0 Å². The highest BCUT2D eigenvalue weighted by atomic mass is 16.4. The van der Waals surface area contributed by atoms with Gasteiger partial charge in [-0.2, -0.15) is 0 Å². The minimum atomic E-state index is -1.05. The van der Waals surface area contributed by atoms with Gasteiger partial charge in [-0.15, -0.1) is 0 Å². The largest absolute Gasteiger partial charge is 0.481 e. The van der Waals surface area contributed by atoms with Crippen LogP contribution >= 0.6 is 0 Å². The first kappa shape index (κ1) is 12.8. The summed E-state index contributed by atoms with van der Waals surface area (Å²) >= 11 is 0. The van der Waals surface area contributed by atoms with Gasteiger partial charge < -0.3 is 15.1 Å². The second-order valence-electron chi connectivity index (χ2n) is 5.86. The third-order valence-electron chi connectivity index (χ3n) is 4.91. The SMILES string of the molecule is CCCC(C)(C(=O)O)C1(O)CN2CCC1CC2. The Morgan fingerprint density at radius 3 is 2.41 bits per heavy atom. The van der Waals surface area contributed by atoms with Crippen LogP contribution in [0.15, 0.2) is 0 Å². The Labute approximate surface area is 103 Å². The zero-order valence-electron chi connectivity index (χ0n) is 10.8. The summed E-state index contributed by atoms with van der Waals surface area (Å²) in [6.45, 7) is 6.25. The summed E-state index contributed by atoms with van der Waals surface area (Å²) in [6.07, 6.45) is 3.20. The molecule has 0 radical (unpaired) electrons. The highest BCUT2D eigenvalue weighted by molar-refractivity contribution is 5.76. The van der Waals surface area contributed by atoms with E-state index in [4.69, 9.17) is 0 Å². The minimum Gasteiger partial charge on any atom is -0.481 e. The number of fused-ring (bicyclic) bond motifs is 3. The van der Waals surface area contributed by atoms with E-state index in [2.05, 4.69) is 4.90 Å². The lowest BCUT2D eigenvalue weighted by atomic mass is 9.59. The van der Waals surface area contributed by atoms with Crippen molar-refractivity contribution in [3.8, 4) is 0 Å². The van der Waals surface area contributed by atoms with Crippen molar-refractivity contribution in [2.24, 2.45) is 11.3 Å². The molecule has 4 nitrogen and oxygen atoms in total. The van der Waals surface area contributed by atoms with Gasteiger partial charge in [0.05, 0.1) is 11.0 Å². The van der Waals surface area contributed by atoms with Gasteiger partial charge in [0.2, 0.25) is 0 Å². The van der Waals surface area contributed by atoms with Crippen LogP contribution in [0.4, 0.5) is 0 Å². The van der Waals surface area contributed by atoms with E-state index in [1.165, 1.54) is 0 Å². The molecule has 0 amide bonds. The number of piperidine rings is 3. The van der Waals surface area contributed by atoms with Crippen molar-refractivity contribution in [2.45, 2.75) is 45.1 Å². The Hall–Kier alpha value is -0.610. The summed E-state index contributed by atoms with van der Waals surface area (Å²) in [4.78, 5) is 13.8. The van der Waals surface area contributed by atoms with Crippen molar-refractivity contribution >= 4 is 5.97 Å². The molecule has 0 spiro atoms. The summed E-state index contributed by atoms with van der Waals surface area (Å²) in [5.41, 5.74) is -2.06. The predicted octanol–water partition coefficient (Wildman–Crippen LogP) is 1.33. The van der Waals surface area contributed by atoms with Crippen molar-refractivity contribution in [3.05, 3.63) is 0 Å². The number of hydrogen-bond donors (Lipinski definition) is 2. The fraction of sp³-hybridized carbons (Fsp3) is 0.923. The molecule has 2 N–H and O–H groups in total. The van der Waals surface area contributed by atoms with Crippen LogP contribution in [-0.2, 0) is 4.79 Å². The average Bonchev–Trinajstić information content (AvgIpc) is 2.30. The lowest BCUT2D eigenvalue weighted by Gasteiger charge is -2.56. The molecule has 0 aliphatic carbocycles. The quantitative estimate of drug-likeness (QED) is 0.779. The molecular formula is C13H23NO3. The van der Waals surface area contributed by atoms with Crippen LogP contribution in [0.5, 0.6) is 0 Å². The molecule has 3 aliphatic heterocycles. The average molecular weight is 241 g/mol. The summed E-state index contributed by atoms with van der Waals surface area (Å²) < 4.78 is 0. The minimum absolute atomic E-state index is 0.153. The van der Waals surface area contributed by atoms with E-state index >= 15 is 0 Å². The monoisotopic (exact) mass is 241 g/mol. The molecule has 3 saturated heterocycles. The number of carboxylic acids is 1. The van der Waals surface area contributed by atoms with E-state index in [9.17, 15) is 15.0 Å². The molecule has 0 aromatic carbocycles. The zero-order valence-corrected chi connectivity index (χ0v) is 10.8. The molecule has 2 unspecified atom stereocenters. The van der Waals surface area contributed by atoms with Gasteiger partial charge in [-0.1, -0.05) is 13.3 Å². The number of aliphatic carboxylic acids is 1. The highest BCUT2D eigenvalue weighted by Gasteiger charge is 2.59. The van der Waals surface area contributed by atoms with Crippen molar-refractivity contribution in [2.75, 3.05) is 19.6 Å². The molecule has 0 saturated carbocycles. The van der Waals surface area contributed by atoms with Crippen molar-refractivity contribution < 1.29 is 15.0 Å². The van der Waals surface area contributed by atoms with Gasteiger partial charge in [-0.3, -0.25) is 4.79 Å². The van der Waals surface area contributed by atoms with Crippen LogP contribution in [0, 0.1) is 11.3 Å². The molecule has 2 atom stereocenters. The lowest BCUT2D eigenvalue weighted by Crippen LogP contribution is -2.67. The second kappa shape index (κ2) is 4.25. The maximum atomic E-state index is 11.6. The van der Waals surface area contributed by atoms with Crippen LogP contribution in [0.25, 0.3) is 0 Å². The van der Waals surface area contributed by atoms with E-state index < -0.39 is 17.0 Å². The van der Waals surface area contributed by atoms with Crippen LogP contribution in [0.1, 0.15) is 39.5 Å². The van der Waals surface area contributed by atoms with Crippen molar-refractivity contribution in [1.29, 1.82) is 0 Å². The normalized spacial score (nSPS) is 39.9. The van der Waals surface area contributed by atoms with Crippen molar-refractivity contribution in [1.82, 2.24) is 4.90 Å². The molecule has 3 rings (SSSR count). The summed E-state index contributed by atoms with van der Waals surface area (Å²) in [7, 11) is 0. The molecule has 3 heterocycles. The molecule has 0 aromatic heterocycles. The molecule has 3 fully saturated rings. The van der Waals surface area contributed by atoms with E-state index in [0.29, 0.717) is 13.0 Å². The zero-order chi connectivity index (χ0) is 12.7. The fourth-order valence-corrected chi connectivity index (χ4v) is 3.67. The number of carbonyl (C=O) groups is 1.